The van der Waals surface area contributed by atoms with Crippen LogP contribution in [0.1, 0.15) is 21.5 Å². The fraction of sp³-hybridized carbons (Fsp3) is 0.133. The molecule has 0 saturated heterocycles. The average molecular weight is 316 g/mol. The SMILES string of the molecule is Cc1ccc(OCc2c([N+](=O)[O-])cccc2[N+](=O)[O-])c(C=O)c1. The van der Waals surface area contributed by atoms with Gasteiger partial charge in [-0.1, -0.05) is 11.6 Å². The van der Waals surface area contributed by atoms with Gasteiger partial charge in [0.05, 0.1) is 15.4 Å². The lowest BCUT2D eigenvalue weighted by Crippen LogP contribution is -2.05. The van der Waals surface area contributed by atoms with Gasteiger partial charge in [-0.25, -0.2) is 0 Å². The number of nitro benzene ring substituents is 2. The molecule has 0 atom stereocenters. The van der Waals surface area contributed by atoms with Crippen molar-refractivity contribution < 1.29 is 19.4 Å². The topological polar surface area (TPSA) is 113 Å². The third kappa shape index (κ3) is 3.49. The van der Waals surface area contributed by atoms with E-state index in [0.717, 1.165) is 5.56 Å². The molecular weight excluding hydrogens is 304 g/mol. The lowest BCUT2D eigenvalue weighted by molar-refractivity contribution is -0.396. The molecule has 0 unspecified atom stereocenters. The zero-order valence-electron chi connectivity index (χ0n) is 12.1. The summed E-state index contributed by atoms with van der Waals surface area (Å²) in [7, 11) is 0. The maximum Gasteiger partial charge on any atom is 0.282 e. The summed E-state index contributed by atoms with van der Waals surface area (Å²) in [6, 6.07) is 8.41. The number of ether oxygens (including phenoxy) is 1. The van der Waals surface area contributed by atoms with Crippen molar-refractivity contribution in [3.63, 3.8) is 0 Å². The van der Waals surface area contributed by atoms with Crippen LogP contribution in [-0.2, 0) is 6.61 Å². The second-order valence-corrected chi connectivity index (χ2v) is 4.74. The van der Waals surface area contributed by atoms with Crippen LogP contribution in [0.2, 0.25) is 0 Å². The van der Waals surface area contributed by atoms with Crippen LogP contribution in [0.5, 0.6) is 5.75 Å². The molecule has 2 rings (SSSR count). The first kappa shape index (κ1) is 16.1. The smallest absolute Gasteiger partial charge is 0.282 e. The fourth-order valence-electron chi connectivity index (χ4n) is 2.09. The maximum absolute atomic E-state index is 11.0. The van der Waals surface area contributed by atoms with E-state index in [1.54, 1.807) is 25.1 Å². The predicted octanol–water partition coefficient (Wildman–Crippen LogP) is 3.20. The summed E-state index contributed by atoms with van der Waals surface area (Å²) in [6.07, 6.45) is 0.593. The van der Waals surface area contributed by atoms with Crippen LogP contribution < -0.4 is 4.74 Å². The molecular formula is C15H12N2O6. The van der Waals surface area contributed by atoms with Crippen LogP contribution in [0.4, 0.5) is 11.4 Å². The summed E-state index contributed by atoms with van der Waals surface area (Å²) in [6.45, 7) is 1.40. The van der Waals surface area contributed by atoms with Gasteiger partial charge in [-0.05, 0) is 25.1 Å². The van der Waals surface area contributed by atoms with Crippen molar-refractivity contribution in [2.75, 3.05) is 0 Å². The van der Waals surface area contributed by atoms with Gasteiger partial charge in [-0.2, -0.15) is 0 Å². The van der Waals surface area contributed by atoms with E-state index in [9.17, 15) is 25.0 Å². The van der Waals surface area contributed by atoms with Gasteiger partial charge in [0.15, 0.2) is 6.29 Å². The van der Waals surface area contributed by atoms with Gasteiger partial charge in [0, 0.05) is 12.1 Å². The highest BCUT2D eigenvalue weighted by molar-refractivity contribution is 5.79. The molecule has 0 aromatic heterocycles. The summed E-state index contributed by atoms with van der Waals surface area (Å²) >= 11 is 0. The highest BCUT2D eigenvalue weighted by Gasteiger charge is 2.25. The number of rotatable bonds is 6. The summed E-state index contributed by atoms with van der Waals surface area (Å²) in [5, 5.41) is 22.1. The summed E-state index contributed by atoms with van der Waals surface area (Å²) in [5.74, 6) is 0.207. The van der Waals surface area contributed by atoms with Crippen molar-refractivity contribution in [1.29, 1.82) is 0 Å². The standard InChI is InChI=1S/C15H12N2O6/c1-10-5-6-15(11(7-10)8-18)23-9-12-13(16(19)20)3-2-4-14(12)17(21)22/h2-8H,9H2,1H3. The van der Waals surface area contributed by atoms with Gasteiger partial charge in [-0.15, -0.1) is 0 Å². The van der Waals surface area contributed by atoms with Crippen LogP contribution in [0.3, 0.4) is 0 Å². The van der Waals surface area contributed by atoms with Gasteiger partial charge in [-0.3, -0.25) is 25.0 Å². The Morgan fingerprint density at radius 2 is 1.70 bits per heavy atom. The molecule has 0 aliphatic heterocycles. The number of hydrogen-bond donors (Lipinski definition) is 0. The largest absolute Gasteiger partial charge is 0.488 e. The Morgan fingerprint density at radius 1 is 1.09 bits per heavy atom. The molecule has 118 valence electrons. The quantitative estimate of drug-likeness (QED) is 0.459. The summed E-state index contributed by atoms with van der Waals surface area (Å²) in [4.78, 5) is 31.7. The second-order valence-electron chi connectivity index (χ2n) is 4.74. The molecule has 8 nitrogen and oxygen atoms in total. The van der Waals surface area contributed by atoms with Crippen molar-refractivity contribution in [2.45, 2.75) is 13.5 Å². The van der Waals surface area contributed by atoms with E-state index in [0.29, 0.717) is 6.29 Å². The Hall–Kier alpha value is -3.29. The zero-order chi connectivity index (χ0) is 17.0. The number of hydrogen-bond acceptors (Lipinski definition) is 6. The minimum atomic E-state index is -0.707. The van der Waals surface area contributed by atoms with Crippen LogP contribution in [0, 0.1) is 27.2 Å². The van der Waals surface area contributed by atoms with Crippen molar-refractivity contribution in [2.24, 2.45) is 0 Å². The minimum Gasteiger partial charge on any atom is -0.488 e. The van der Waals surface area contributed by atoms with Crippen LogP contribution in [-0.4, -0.2) is 16.1 Å². The number of aldehydes is 1. The van der Waals surface area contributed by atoms with Crippen molar-refractivity contribution in [3.05, 3.63) is 73.3 Å². The van der Waals surface area contributed by atoms with E-state index in [2.05, 4.69) is 0 Å². The molecule has 0 spiro atoms. The van der Waals surface area contributed by atoms with E-state index >= 15 is 0 Å². The number of benzene rings is 2. The molecule has 0 N–H and O–H groups in total. The number of nitrogens with zero attached hydrogens (tertiary/aromatic N) is 2. The van der Waals surface area contributed by atoms with Crippen LogP contribution >= 0.6 is 0 Å². The first-order valence-electron chi connectivity index (χ1n) is 6.53. The first-order chi connectivity index (χ1) is 10.9. The molecule has 0 fully saturated rings. The van der Waals surface area contributed by atoms with Crippen molar-refractivity contribution >= 4 is 17.7 Å². The van der Waals surface area contributed by atoms with Crippen LogP contribution in [0.25, 0.3) is 0 Å². The number of nitro groups is 2. The molecule has 2 aromatic carbocycles. The number of carbonyl (C=O) groups excluding carboxylic acids is 1. The van der Waals surface area contributed by atoms with E-state index in [4.69, 9.17) is 4.74 Å². The lowest BCUT2D eigenvalue weighted by Gasteiger charge is -2.09. The Labute approximate surface area is 130 Å². The van der Waals surface area contributed by atoms with E-state index in [1.807, 2.05) is 0 Å². The number of aryl methyl sites for hydroxylation is 1. The second kappa shape index (κ2) is 6.65. The van der Waals surface area contributed by atoms with Gasteiger partial charge in [0.2, 0.25) is 0 Å². The monoisotopic (exact) mass is 316 g/mol. The number of carbonyl (C=O) groups is 1. The molecule has 8 heteroatoms. The minimum absolute atomic E-state index is 0.153. The first-order valence-corrected chi connectivity index (χ1v) is 6.53. The molecule has 0 saturated carbocycles. The fourth-order valence-corrected chi connectivity index (χ4v) is 2.09. The third-order valence-electron chi connectivity index (χ3n) is 3.18. The molecule has 0 heterocycles. The highest BCUT2D eigenvalue weighted by atomic mass is 16.6. The molecule has 0 aliphatic rings. The highest BCUT2D eigenvalue weighted by Crippen LogP contribution is 2.30. The van der Waals surface area contributed by atoms with E-state index in [-0.39, 0.29) is 16.9 Å². The summed E-state index contributed by atoms with van der Waals surface area (Å²) < 4.78 is 5.41. The van der Waals surface area contributed by atoms with Crippen LogP contribution in [0.15, 0.2) is 36.4 Å². The molecule has 0 amide bonds. The Morgan fingerprint density at radius 3 is 2.22 bits per heavy atom. The van der Waals surface area contributed by atoms with Crippen molar-refractivity contribution in [3.8, 4) is 5.75 Å². The lowest BCUT2D eigenvalue weighted by atomic mass is 10.1. The van der Waals surface area contributed by atoms with Gasteiger partial charge in [0.25, 0.3) is 11.4 Å². The zero-order valence-corrected chi connectivity index (χ0v) is 12.1. The van der Waals surface area contributed by atoms with Gasteiger partial charge < -0.3 is 4.74 Å². The average Bonchev–Trinajstić information content (AvgIpc) is 2.52. The Bertz CT molecular complexity index is 755. The molecule has 23 heavy (non-hydrogen) atoms. The molecule has 0 aliphatic carbocycles. The molecule has 2 aromatic rings. The maximum atomic E-state index is 11.0. The third-order valence-corrected chi connectivity index (χ3v) is 3.18. The summed E-state index contributed by atoms with van der Waals surface area (Å²) in [5.41, 5.74) is 0.153. The molecule has 0 radical (unpaired) electrons. The van der Waals surface area contributed by atoms with Gasteiger partial charge >= 0.3 is 0 Å². The Balaban J connectivity index is 2.39. The Kier molecular flexibility index (Phi) is 4.65. The van der Waals surface area contributed by atoms with E-state index < -0.39 is 27.8 Å². The van der Waals surface area contributed by atoms with Crippen molar-refractivity contribution in [1.82, 2.24) is 0 Å². The normalized spacial score (nSPS) is 10.1. The molecule has 0 bridgehead atoms. The van der Waals surface area contributed by atoms with E-state index in [1.165, 1.54) is 18.2 Å². The predicted molar refractivity (Wildman–Crippen MR) is 80.6 cm³/mol. The van der Waals surface area contributed by atoms with Gasteiger partial charge in [0.1, 0.15) is 17.9 Å².